The first-order chi connectivity index (χ1) is 8.95. The predicted molar refractivity (Wildman–Crippen MR) is 77.4 cm³/mol. The van der Waals surface area contributed by atoms with Crippen molar-refractivity contribution in [1.82, 2.24) is 5.32 Å². The summed E-state index contributed by atoms with van der Waals surface area (Å²) in [5.41, 5.74) is 0.377. The Morgan fingerprint density at radius 2 is 2.11 bits per heavy atom. The zero-order chi connectivity index (χ0) is 14.4. The van der Waals surface area contributed by atoms with Gasteiger partial charge >= 0.3 is 5.97 Å². The summed E-state index contributed by atoms with van der Waals surface area (Å²) < 4.78 is 0.715. The fourth-order valence-corrected chi connectivity index (χ4v) is 1.88. The van der Waals surface area contributed by atoms with E-state index < -0.39 is 5.97 Å². The highest BCUT2D eigenvalue weighted by atomic mass is 79.9. The molecule has 1 unspecified atom stereocenters. The van der Waals surface area contributed by atoms with Crippen molar-refractivity contribution in [2.45, 2.75) is 13.8 Å². The van der Waals surface area contributed by atoms with Crippen LogP contribution in [0.25, 0.3) is 0 Å². The second kappa shape index (κ2) is 7.25. The maximum absolute atomic E-state index is 11.9. The van der Waals surface area contributed by atoms with Gasteiger partial charge in [0.1, 0.15) is 0 Å². The fourth-order valence-electron chi connectivity index (χ4n) is 1.52. The smallest absolute Gasteiger partial charge is 0.337 e. The second-order valence-corrected chi connectivity index (χ2v) is 5.11. The van der Waals surface area contributed by atoms with E-state index in [4.69, 9.17) is 5.11 Å². The monoisotopic (exact) mass is 328 g/mol. The Hall–Kier alpha value is -1.40. The Balaban J connectivity index is 2.83. The number of carboxylic acids is 1. The normalized spacial score (nSPS) is 11.9. The average Bonchev–Trinajstić information content (AvgIpc) is 2.35. The molecule has 1 atom stereocenters. The molecule has 0 saturated carbocycles. The Kier molecular flexibility index (Phi) is 5.98. The summed E-state index contributed by atoms with van der Waals surface area (Å²) >= 11 is 3.26. The van der Waals surface area contributed by atoms with Gasteiger partial charge in [0, 0.05) is 16.9 Å². The maximum atomic E-state index is 11.9. The highest BCUT2D eigenvalue weighted by molar-refractivity contribution is 9.10. The van der Waals surface area contributed by atoms with E-state index in [1.54, 1.807) is 19.1 Å². The van der Waals surface area contributed by atoms with Gasteiger partial charge in [0.2, 0.25) is 5.91 Å². The lowest BCUT2D eigenvalue weighted by atomic mass is 10.1. The molecule has 0 bridgehead atoms. The number of hydrogen-bond acceptors (Lipinski definition) is 3. The molecule has 0 radical (unpaired) electrons. The highest BCUT2D eigenvalue weighted by Crippen LogP contribution is 2.22. The van der Waals surface area contributed by atoms with Crippen molar-refractivity contribution < 1.29 is 14.7 Å². The lowest BCUT2D eigenvalue weighted by Gasteiger charge is -2.14. The second-order valence-electron chi connectivity index (χ2n) is 4.19. The number of nitrogens with one attached hydrogen (secondary N) is 2. The van der Waals surface area contributed by atoms with E-state index in [2.05, 4.69) is 26.6 Å². The number of aromatic carboxylic acids is 1. The molecule has 1 aromatic carbocycles. The molecule has 0 aliphatic carbocycles. The zero-order valence-corrected chi connectivity index (χ0v) is 12.5. The van der Waals surface area contributed by atoms with Gasteiger partial charge in [-0.15, -0.1) is 0 Å². The summed E-state index contributed by atoms with van der Waals surface area (Å²) in [6.45, 7) is 5.09. The van der Waals surface area contributed by atoms with Gasteiger partial charge in [0.05, 0.1) is 11.3 Å². The summed E-state index contributed by atoms with van der Waals surface area (Å²) in [5.74, 6) is -1.51. The number of amides is 1. The maximum Gasteiger partial charge on any atom is 0.337 e. The van der Waals surface area contributed by atoms with Gasteiger partial charge in [-0.25, -0.2) is 4.79 Å². The number of carboxylic acid groups (broad SMARTS) is 1. The Morgan fingerprint density at radius 3 is 2.68 bits per heavy atom. The van der Waals surface area contributed by atoms with Crippen molar-refractivity contribution in [1.29, 1.82) is 0 Å². The first kappa shape index (κ1) is 15.7. The Bertz CT molecular complexity index is 477. The summed E-state index contributed by atoms with van der Waals surface area (Å²) in [5, 5.41) is 14.8. The topological polar surface area (TPSA) is 78.4 Å². The van der Waals surface area contributed by atoms with E-state index in [1.165, 1.54) is 6.07 Å². The average molecular weight is 329 g/mol. The van der Waals surface area contributed by atoms with Crippen LogP contribution in [0.2, 0.25) is 0 Å². The van der Waals surface area contributed by atoms with Crippen LogP contribution < -0.4 is 10.6 Å². The third-order valence-electron chi connectivity index (χ3n) is 2.62. The molecular formula is C13H17BrN2O3. The van der Waals surface area contributed by atoms with Gasteiger partial charge < -0.3 is 15.7 Å². The lowest BCUT2D eigenvalue weighted by Crippen LogP contribution is -2.30. The molecule has 0 saturated heterocycles. The van der Waals surface area contributed by atoms with Crippen molar-refractivity contribution in [2.24, 2.45) is 5.92 Å². The highest BCUT2D eigenvalue weighted by Gasteiger charge is 2.16. The van der Waals surface area contributed by atoms with E-state index in [9.17, 15) is 9.59 Å². The summed E-state index contributed by atoms with van der Waals surface area (Å²) in [7, 11) is 0. The number of carbonyl (C=O) groups excluding carboxylic acids is 1. The molecule has 0 aliphatic rings. The lowest BCUT2D eigenvalue weighted by molar-refractivity contribution is -0.119. The minimum absolute atomic E-state index is 0.0761. The molecule has 0 aliphatic heterocycles. The first-order valence-electron chi connectivity index (χ1n) is 6.00. The van der Waals surface area contributed by atoms with E-state index in [0.717, 1.165) is 6.54 Å². The Morgan fingerprint density at radius 1 is 1.42 bits per heavy atom. The molecule has 0 spiro atoms. The number of carbonyl (C=O) groups is 2. The quantitative estimate of drug-likeness (QED) is 0.748. The number of hydrogen-bond donors (Lipinski definition) is 3. The third kappa shape index (κ3) is 4.65. The summed E-state index contributed by atoms with van der Waals surface area (Å²) in [6.07, 6.45) is 0. The standard InChI is InChI=1S/C13H17BrN2O3/c1-3-15-7-8(2)12(17)16-11-6-9(14)4-5-10(11)13(18)19/h4-6,8,15H,3,7H2,1-2H3,(H,16,17)(H,18,19). The molecule has 0 heterocycles. The molecule has 5 nitrogen and oxygen atoms in total. The van der Waals surface area contributed by atoms with Crippen LogP contribution in [-0.2, 0) is 4.79 Å². The van der Waals surface area contributed by atoms with Crippen LogP contribution >= 0.6 is 15.9 Å². The van der Waals surface area contributed by atoms with E-state index in [0.29, 0.717) is 16.7 Å². The minimum Gasteiger partial charge on any atom is -0.478 e. The minimum atomic E-state index is -1.07. The molecule has 1 rings (SSSR count). The fraction of sp³-hybridized carbons (Fsp3) is 0.385. The molecule has 3 N–H and O–H groups in total. The molecule has 0 aromatic heterocycles. The SMILES string of the molecule is CCNCC(C)C(=O)Nc1cc(Br)ccc1C(=O)O. The van der Waals surface area contributed by atoms with Gasteiger partial charge in [-0.2, -0.15) is 0 Å². The summed E-state index contributed by atoms with van der Waals surface area (Å²) in [6, 6.07) is 4.67. The molecule has 104 valence electrons. The van der Waals surface area contributed by atoms with Crippen molar-refractivity contribution in [3.63, 3.8) is 0 Å². The summed E-state index contributed by atoms with van der Waals surface area (Å²) in [4.78, 5) is 23.0. The molecule has 0 fully saturated rings. The first-order valence-corrected chi connectivity index (χ1v) is 6.79. The van der Waals surface area contributed by atoms with Gasteiger partial charge in [-0.05, 0) is 24.7 Å². The van der Waals surface area contributed by atoms with Crippen LogP contribution in [0.4, 0.5) is 5.69 Å². The van der Waals surface area contributed by atoms with Crippen LogP contribution in [-0.4, -0.2) is 30.1 Å². The molecule has 19 heavy (non-hydrogen) atoms. The van der Waals surface area contributed by atoms with Gasteiger partial charge in [0.15, 0.2) is 0 Å². The van der Waals surface area contributed by atoms with Gasteiger partial charge in [0.25, 0.3) is 0 Å². The van der Waals surface area contributed by atoms with Crippen LogP contribution in [0.15, 0.2) is 22.7 Å². The molecule has 1 amide bonds. The van der Waals surface area contributed by atoms with Crippen LogP contribution in [0.3, 0.4) is 0 Å². The van der Waals surface area contributed by atoms with E-state index in [1.807, 2.05) is 6.92 Å². The number of benzene rings is 1. The molecule has 6 heteroatoms. The van der Waals surface area contributed by atoms with Crippen molar-refractivity contribution in [3.8, 4) is 0 Å². The van der Waals surface area contributed by atoms with Gasteiger partial charge in [-0.3, -0.25) is 4.79 Å². The number of rotatable bonds is 6. The van der Waals surface area contributed by atoms with E-state index >= 15 is 0 Å². The zero-order valence-electron chi connectivity index (χ0n) is 10.9. The predicted octanol–water partition coefficient (Wildman–Crippen LogP) is 2.33. The van der Waals surface area contributed by atoms with Crippen LogP contribution in [0.1, 0.15) is 24.2 Å². The van der Waals surface area contributed by atoms with Crippen molar-refractivity contribution >= 4 is 33.5 Å². The van der Waals surface area contributed by atoms with Gasteiger partial charge in [-0.1, -0.05) is 29.8 Å². The number of halogens is 1. The van der Waals surface area contributed by atoms with Crippen LogP contribution in [0.5, 0.6) is 0 Å². The van der Waals surface area contributed by atoms with E-state index in [-0.39, 0.29) is 17.4 Å². The van der Waals surface area contributed by atoms with Crippen molar-refractivity contribution in [2.75, 3.05) is 18.4 Å². The van der Waals surface area contributed by atoms with Crippen molar-refractivity contribution in [3.05, 3.63) is 28.2 Å². The molecule has 1 aromatic rings. The largest absolute Gasteiger partial charge is 0.478 e. The Labute approximate surface area is 120 Å². The van der Waals surface area contributed by atoms with Crippen LogP contribution in [0, 0.1) is 5.92 Å². The third-order valence-corrected chi connectivity index (χ3v) is 3.11. The number of anilines is 1. The molecular weight excluding hydrogens is 312 g/mol.